The van der Waals surface area contributed by atoms with Gasteiger partial charge in [0.15, 0.2) is 5.75 Å². The minimum Gasteiger partial charge on any atom is -0.493 e. The first kappa shape index (κ1) is 19.3. The predicted molar refractivity (Wildman–Crippen MR) is 110 cm³/mol. The second-order valence-corrected chi connectivity index (χ2v) is 6.66. The zero-order chi connectivity index (χ0) is 20.1. The van der Waals surface area contributed by atoms with Gasteiger partial charge in [0.1, 0.15) is 0 Å². The Balaban J connectivity index is 1.77. The lowest BCUT2D eigenvalue weighted by molar-refractivity contribution is -0.385. The van der Waals surface area contributed by atoms with Gasteiger partial charge in [-0.2, -0.15) is 5.10 Å². The van der Waals surface area contributed by atoms with E-state index in [0.717, 1.165) is 11.3 Å². The number of nitro benzene ring substituents is 1. The van der Waals surface area contributed by atoms with Crippen molar-refractivity contribution in [3.63, 3.8) is 0 Å². The van der Waals surface area contributed by atoms with Gasteiger partial charge >= 0.3 is 5.69 Å². The topological polar surface area (TPSA) is 98.9 Å². The first-order chi connectivity index (χ1) is 13.5. The van der Waals surface area contributed by atoms with Crippen molar-refractivity contribution in [3.05, 3.63) is 63.0 Å². The van der Waals surface area contributed by atoms with E-state index in [4.69, 9.17) is 9.47 Å². The van der Waals surface area contributed by atoms with Crippen molar-refractivity contribution in [3.8, 4) is 22.8 Å². The molecule has 0 unspecified atom stereocenters. The van der Waals surface area contributed by atoms with Crippen LogP contribution in [0.3, 0.4) is 0 Å². The van der Waals surface area contributed by atoms with Crippen LogP contribution in [-0.4, -0.2) is 30.3 Å². The van der Waals surface area contributed by atoms with E-state index >= 15 is 0 Å². The van der Waals surface area contributed by atoms with Crippen LogP contribution in [-0.2, 0) is 0 Å². The highest BCUT2D eigenvalue weighted by atomic mass is 32.1. The molecule has 0 saturated carbocycles. The van der Waals surface area contributed by atoms with Crippen molar-refractivity contribution in [1.29, 1.82) is 0 Å². The molecule has 0 aliphatic rings. The van der Waals surface area contributed by atoms with Crippen molar-refractivity contribution >= 4 is 28.4 Å². The molecule has 9 heteroatoms. The predicted octanol–water partition coefficient (Wildman–Crippen LogP) is 4.49. The second kappa shape index (κ2) is 8.49. The molecule has 0 bridgehead atoms. The van der Waals surface area contributed by atoms with Gasteiger partial charge in [0.25, 0.3) is 0 Å². The van der Waals surface area contributed by atoms with Crippen LogP contribution in [0.1, 0.15) is 11.1 Å². The fourth-order valence-electron chi connectivity index (χ4n) is 2.52. The first-order valence-electron chi connectivity index (χ1n) is 8.24. The minimum atomic E-state index is -0.527. The molecule has 0 aliphatic heterocycles. The summed E-state index contributed by atoms with van der Waals surface area (Å²) in [4.78, 5) is 15.2. The molecule has 144 valence electrons. The maximum Gasteiger partial charge on any atom is 0.315 e. The smallest absolute Gasteiger partial charge is 0.315 e. The van der Waals surface area contributed by atoms with Gasteiger partial charge in [-0.1, -0.05) is 29.8 Å². The third-order valence-corrected chi connectivity index (χ3v) is 4.65. The number of ether oxygens (including phenoxy) is 2. The van der Waals surface area contributed by atoms with E-state index in [1.165, 1.54) is 43.4 Å². The fraction of sp³-hybridized carbons (Fsp3) is 0.158. The molecule has 1 heterocycles. The summed E-state index contributed by atoms with van der Waals surface area (Å²) >= 11 is 1.42. The van der Waals surface area contributed by atoms with Crippen LogP contribution in [0.25, 0.3) is 11.3 Å². The van der Waals surface area contributed by atoms with Gasteiger partial charge in [0, 0.05) is 22.6 Å². The SMILES string of the molecule is COc1cc(/C=N\Nc2nc(-c3ccc(C)cc3)cs2)cc([N+](=O)[O-])c1OC. The van der Waals surface area contributed by atoms with Crippen LogP contribution in [0.4, 0.5) is 10.8 Å². The van der Waals surface area contributed by atoms with Gasteiger partial charge in [-0.3, -0.25) is 15.5 Å². The van der Waals surface area contributed by atoms with E-state index < -0.39 is 4.92 Å². The summed E-state index contributed by atoms with van der Waals surface area (Å²) in [6.07, 6.45) is 1.46. The molecular formula is C19H18N4O4S. The highest BCUT2D eigenvalue weighted by molar-refractivity contribution is 7.14. The van der Waals surface area contributed by atoms with E-state index in [2.05, 4.69) is 15.5 Å². The molecule has 8 nitrogen and oxygen atoms in total. The van der Waals surface area contributed by atoms with E-state index in [-0.39, 0.29) is 17.2 Å². The number of hydrogen-bond acceptors (Lipinski definition) is 8. The van der Waals surface area contributed by atoms with Gasteiger partial charge < -0.3 is 9.47 Å². The third kappa shape index (κ3) is 4.26. The quantitative estimate of drug-likeness (QED) is 0.358. The number of nitrogens with one attached hydrogen (secondary N) is 1. The fourth-order valence-corrected chi connectivity index (χ4v) is 3.19. The number of nitro groups is 1. The number of aromatic nitrogens is 1. The van der Waals surface area contributed by atoms with Crippen LogP contribution >= 0.6 is 11.3 Å². The highest BCUT2D eigenvalue weighted by Crippen LogP contribution is 2.37. The van der Waals surface area contributed by atoms with Gasteiger partial charge in [0.2, 0.25) is 10.9 Å². The summed E-state index contributed by atoms with van der Waals surface area (Å²) in [6.45, 7) is 2.03. The molecule has 0 fully saturated rings. The molecule has 1 N–H and O–H groups in total. The molecule has 0 amide bonds. The molecule has 28 heavy (non-hydrogen) atoms. The van der Waals surface area contributed by atoms with E-state index in [1.807, 2.05) is 36.6 Å². The molecule has 3 aromatic rings. The summed E-state index contributed by atoms with van der Waals surface area (Å²) < 4.78 is 10.2. The number of hydrazone groups is 1. The maximum atomic E-state index is 11.3. The summed E-state index contributed by atoms with van der Waals surface area (Å²) in [6, 6.07) is 11.1. The Kier molecular flexibility index (Phi) is 5.85. The molecule has 1 aromatic heterocycles. The van der Waals surface area contributed by atoms with Crippen molar-refractivity contribution in [2.75, 3.05) is 19.6 Å². The normalized spacial score (nSPS) is 10.8. The Bertz CT molecular complexity index is 1020. The van der Waals surface area contributed by atoms with Crippen LogP contribution < -0.4 is 14.9 Å². The lowest BCUT2D eigenvalue weighted by Gasteiger charge is -2.08. The van der Waals surface area contributed by atoms with Gasteiger partial charge in [-0.05, 0) is 13.0 Å². The average molecular weight is 398 g/mol. The lowest BCUT2D eigenvalue weighted by Crippen LogP contribution is -1.99. The number of thiazole rings is 1. The first-order valence-corrected chi connectivity index (χ1v) is 9.12. The van der Waals surface area contributed by atoms with Crippen LogP contribution in [0.5, 0.6) is 11.5 Å². The zero-order valence-corrected chi connectivity index (χ0v) is 16.3. The average Bonchev–Trinajstić information content (AvgIpc) is 3.16. The van der Waals surface area contributed by atoms with Crippen LogP contribution in [0.15, 0.2) is 46.9 Å². The molecule has 0 spiro atoms. The number of aryl methyl sites for hydroxylation is 1. The minimum absolute atomic E-state index is 0.0697. The van der Waals surface area contributed by atoms with Crippen molar-refractivity contribution in [2.45, 2.75) is 6.92 Å². The standard InChI is InChI=1S/C19H18N4O4S/c1-12-4-6-14(7-5-12)15-11-28-19(21-15)22-20-10-13-8-16(23(24)25)18(27-3)17(9-13)26-2/h4-11H,1-3H3,(H,21,22)/b20-10-. The summed E-state index contributed by atoms with van der Waals surface area (Å²) in [5.74, 6) is 0.328. The molecule has 2 aromatic carbocycles. The Morgan fingerprint density at radius 3 is 2.61 bits per heavy atom. The van der Waals surface area contributed by atoms with Gasteiger partial charge in [-0.25, -0.2) is 4.98 Å². The summed E-state index contributed by atoms with van der Waals surface area (Å²) in [5, 5.41) is 17.9. The van der Waals surface area contributed by atoms with E-state index in [1.54, 1.807) is 6.07 Å². The van der Waals surface area contributed by atoms with Crippen molar-refractivity contribution in [1.82, 2.24) is 4.98 Å². The number of anilines is 1. The molecule has 3 rings (SSSR count). The Morgan fingerprint density at radius 1 is 1.21 bits per heavy atom. The van der Waals surface area contributed by atoms with Crippen LogP contribution in [0.2, 0.25) is 0 Å². The Morgan fingerprint density at radius 2 is 1.96 bits per heavy atom. The van der Waals surface area contributed by atoms with Gasteiger partial charge in [0.05, 0.1) is 31.1 Å². The second-order valence-electron chi connectivity index (χ2n) is 5.81. The summed E-state index contributed by atoms with van der Waals surface area (Å²) in [5.41, 5.74) is 6.20. The lowest BCUT2D eigenvalue weighted by atomic mass is 10.1. The Labute approximate surface area is 165 Å². The van der Waals surface area contributed by atoms with E-state index in [0.29, 0.717) is 10.7 Å². The number of nitrogens with zero attached hydrogens (tertiary/aromatic N) is 3. The monoisotopic (exact) mass is 398 g/mol. The zero-order valence-electron chi connectivity index (χ0n) is 15.5. The molecule has 0 radical (unpaired) electrons. The largest absolute Gasteiger partial charge is 0.493 e. The molecule has 0 atom stereocenters. The van der Waals surface area contributed by atoms with Crippen LogP contribution in [0, 0.1) is 17.0 Å². The molecule has 0 saturated heterocycles. The Hall–Kier alpha value is -3.46. The number of hydrogen-bond donors (Lipinski definition) is 1. The van der Waals surface area contributed by atoms with Crippen molar-refractivity contribution in [2.24, 2.45) is 5.10 Å². The number of benzene rings is 2. The number of methoxy groups -OCH3 is 2. The maximum absolute atomic E-state index is 11.3. The summed E-state index contributed by atoms with van der Waals surface area (Å²) in [7, 11) is 2.77. The molecular weight excluding hydrogens is 380 g/mol. The number of rotatable bonds is 7. The van der Waals surface area contributed by atoms with E-state index in [9.17, 15) is 10.1 Å². The van der Waals surface area contributed by atoms with Crippen molar-refractivity contribution < 1.29 is 14.4 Å². The molecule has 0 aliphatic carbocycles. The third-order valence-electron chi connectivity index (χ3n) is 3.90. The highest BCUT2D eigenvalue weighted by Gasteiger charge is 2.21. The van der Waals surface area contributed by atoms with Gasteiger partial charge in [-0.15, -0.1) is 11.3 Å².